The van der Waals surface area contributed by atoms with Crippen LogP contribution in [0.1, 0.15) is 72.6 Å². The van der Waals surface area contributed by atoms with Crippen LogP contribution in [-0.2, 0) is 9.53 Å². The molecular formula is C17H30O3. The summed E-state index contributed by atoms with van der Waals surface area (Å²) in [5.41, 5.74) is 0.511. The number of hydrogen-bond donors (Lipinski definition) is 1. The number of rotatable bonds is 8. The third kappa shape index (κ3) is 4.34. The van der Waals surface area contributed by atoms with Crippen molar-refractivity contribution in [3.05, 3.63) is 11.6 Å². The van der Waals surface area contributed by atoms with Crippen LogP contribution in [0.5, 0.6) is 0 Å². The van der Waals surface area contributed by atoms with E-state index in [1.54, 1.807) is 0 Å². The van der Waals surface area contributed by atoms with E-state index in [1.807, 2.05) is 13.0 Å². The summed E-state index contributed by atoms with van der Waals surface area (Å²) in [6.45, 7) is 8.58. The molecule has 0 unspecified atom stereocenters. The van der Waals surface area contributed by atoms with Crippen molar-refractivity contribution in [2.45, 2.75) is 84.3 Å². The fourth-order valence-electron chi connectivity index (χ4n) is 2.94. The Balaban J connectivity index is 2.78. The molecule has 0 aliphatic carbocycles. The second-order valence-electron chi connectivity index (χ2n) is 6.11. The molecule has 0 radical (unpaired) electrons. The van der Waals surface area contributed by atoms with Gasteiger partial charge in [0.05, 0.1) is 6.42 Å². The first-order valence-electron chi connectivity index (χ1n) is 8.07. The van der Waals surface area contributed by atoms with Gasteiger partial charge in [0.2, 0.25) is 0 Å². The van der Waals surface area contributed by atoms with E-state index in [4.69, 9.17) is 4.74 Å². The van der Waals surface area contributed by atoms with E-state index in [9.17, 15) is 9.90 Å². The lowest BCUT2D eigenvalue weighted by molar-refractivity contribution is -0.146. The summed E-state index contributed by atoms with van der Waals surface area (Å²) < 4.78 is 5.44. The van der Waals surface area contributed by atoms with Gasteiger partial charge in [-0.2, -0.15) is 0 Å². The van der Waals surface area contributed by atoms with Gasteiger partial charge >= 0.3 is 5.97 Å². The largest absolute Gasteiger partial charge is 0.452 e. The molecule has 0 spiro atoms. The Morgan fingerprint density at radius 1 is 1.50 bits per heavy atom. The molecule has 1 rings (SSSR count). The van der Waals surface area contributed by atoms with E-state index in [1.165, 1.54) is 24.8 Å². The first kappa shape index (κ1) is 17.2. The van der Waals surface area contributed by atoms with Crippen LogP contribution in [0.25, 0.3) is 0 Å². The van der Waals surface area contributed by atoms with E-state index in [0.29, 0.717) is 12.3 Å². The van der Waals surface area contributed by atoms with E-state index < -0.39 is 11.7 Å². The van der Waals surface area contributed by atoms with Gasteiger partial charge in [-0.25, -0.2) is 0 Å². The van der Waals surface area contributed by atoms with Crippen molar-refractivity contribution < 1.29 is 14.6 Å². The molecule has 116 valence electrons. The summed E-state index contributed by atoms with van der Waals surface area (Å²) in [5.74, 6) is 0.356. The molecular weight excluding hydrogens is 252 g/mol. The summed E-state index contributed by atoms with van der Waals surface area (Å²) in [5, 5.41) is 10.1. The standard InChI is InChI=1S/C17H30O3/c1-5-8-9-13(4)10-14(6-2)12-17(7-3)15(18)11-16(19)20-17/h12-13,15,18H,5-11H2,1-4H3/t13-,15-,17+/m0/s1. The fourth-order valence-corrected chi connectivity index (χ4v) is 2.94. The number of ether oxygens (including phenoxy) is 1. The summed E-state index contributed by atoms with van der Waals surface area (Å²) in [4.78, 5) is 11.4. The zero-order valence-electron chi connectivity index (χ0n) is 13.4. The van der Waals surface area contributed by atoms with Crippen molar-refractivity contribution in [3.63, 3.8) is 0 Å². The lowest BCUT2D eigenvalue weighted by atomic mass is 9.87. The van der Waals surface area contributed by atoms with Crippen molar-refractivity contribution >= 4 is 5.97 Å². The lowest BCUT2D eigenvalue weighted by Gasteiger charge is -2.28. The Kier molecular flexibility index (Phi) is 6.74. The maximum Gasteiger partial charge on any atom is 0.309 e. The second-order valence-corrected chi connectivity index (χ2v) is 6.11. The molecule has 3 atom stereocenters. The number of aliphatic hydroxyl groups is 1. The van der Waals surface area contributed by atoms with Gasteiger partial charge in [0.25, 0.3) is 0 Å². The molecule has 0 aromatic heterocycles. The third-order valence-electron chi connectivity index (χ3n) is 4.34. The normalized spacial score (nSPS) is 28.6. The molecule has 1 aliphatic rings. The minimum Gasteiger partial charge on any atom is -0.452 e. The summed E-state index contributed by atoms with van der Waals surface area (Å²) in [6.07, 6.45) is 7.78. The van der Waals surface area contributed by atoms with Gasteiger partial charge in [0, 0.05) is 0 Å². The highest BCUT2D eigenvalue weighted by Crippen LogP contribution is 2.34. The molecule has 0 bridgehead atoms. The Bertz CT molecular complexity index is 348. The van der Waals surface area contributed by atoms with Gasteiger partial charge in [0.15, 0.2) is 5.60 Å². The SMILES string of the molecule is CCCC[C@H](C)CC(=C[C@@]1(CC)OC(=O)C[C@@H]1O)CC. The van der Waals surface area contributed by atoms with Crippen LogP contribution in [0, 0.1) is 5.92 Å². The smallest absolute Gasteiger partial charge is 0.309 e. The van der Waals surface area contributed by atoms with Gasteiger partial charge in [-0.05, 0) is 31.3 Å². The van der Waals surface area contributed by atoms with Gasteiger partial charge in [-0.15, -0.1) is 0 Å². The molecule has 0 aromatic carbocycles. The monoisotopic (exact) mass is 282 g/mol. The quantitative estimate of drug-likeness (QED) is 0.541. The highest BCUT2D eigenvalue weighted by Gasteiger charge is 2.45. The second kappa shape index (κ2) is 7.82. The number of esters is 1. The lowest BCUT2D eigenvalue weighted by Crippen LogP contribution is -2.37. The Morgan fingerprint density at radius 3 is 2.65 bits per heavy atom. The number of allylic oxidation sites excluding steroid dienone is 1. The fraction of sp³-hybridized carbons (Fsp3) is 0.824. The minimum atomic E-state index is -0.785. The van der Waals surface area contributed by atoms with E-state index in [2.05, 4.69) is 20.8 Å². The van der Waals surface area contributed by atoms with Crippen LogP contribution in [0.3, 0.4) is 0 Å². The van der Waals surface area contributed by atoms with Crippen LogP contribution >= 0.6 is 0 Å². The number of carbonyl (C=O) groups excluding carboxylic acids is 1. The number of carbonyl (C=O) groups is 1. The number of unbranched alkanes of at least 4 members (excludes halogenated alkanes) is 1. The van der Waals surface area contributed by atoms with Crippen molar-refractivity contribution in [2.75, 3.05) is 0 Å². The molecule has 1 fully saturated rings. The number of aliphatic hydroxyl groups excluding tert-OH is 1. The van der Waals surface area contributed by atoms with Crippen molar-refractivity contribution in [1.29, 1.82) is 0 Å². The van der Waals surface area contributed by atoms with Gasteiger partial charge < -0.3 is 9.84 Å². The molecule has 0 amide bonds. The van der Waals surface area contributed by atoms with E-state index in [0.717, 1.165) is 12.8 Å². The van der Waals surface area contributed by atoms with Crippen LogP contribution in [0.4, 0.5) is 0 Å². The van der Waals surface area contributed by atoms with E-state index in [-0.39, 0.29) is 12.4 Å². The van der Waals surface area contributed by atoms with Gasteiger partial charge in [-0.3, -0.25) is 4.79 Å². The zero-order valence-corrected chi connectivity index (χ0v) is 13.4. The summed E-state index contributed by atoms with van der Waals surface area (Å²) in [7, 11) is 0. The number of hydrogen-bond acceptors (Lipinski definition) is 3. The van der Waals surface area contributed by atoms with Crippen molar-refractivity contribution in [2.24, 2.45) is 5.92 Å². The molecule has 3 heteroatoms. The molecule has 0 saturated carbocycles. The van der Waals surface area contributed by atoms with E-state index >= 15 is 0 Å². The van der Waals surface area contributed by atoms with Crippen LogP contribution in [0.15, 0.2) is 11.6 Å². The Hall–Kier alpha value is -0.830. The number of cyclic esters (lactones) is 1. The third-order valence-corrected chi connectivity index (χ3v) is 4.34. The summed E-state index contributed by atoms with van der Waals surface area (Å²) in [6, 6.07) is 0. The predicted molar refractivity (Wildman–Crippen MR) is 81.4 cm³/mol. The minimum absolute atomic E-state index is 0.118. The van der Waals surface area contributed by atoms with Gasteiger partial charge in [-0.1, -0.05) is 52.5 Å². The maximum absolute atomic E-state index is 11.4. The first-order chi connectivity index (χ1) is 9.47. The highest BCUT2D eigenvalue weighted by molar-refractivity contribution is 5.74. The average molecular weight is 282 g/mol. The van der Waals surface area contributed by atoms with Crippen LogP contribution in [0.2, 0.25) is 0 Å². The van der Waals surface area contributed by atoms with Crippen LogP contribution in [-0.4, -0.2) is 22.8 Å². The maximum atomic E-state index is 11.4. The molecule has 3 nitrogen and oxygen atoms in total. The molecule has 1 heterocycles. The molecule has 0 aromatic rings. The molecule has 20 heavy (non-hydrogen) atoms. The topological polar surface area (TPSA) is 46.5 Å². The average Bonchev–Trinajstić information content (AvgIpc) is 2.70. The van der Waals surface area contributed by atoms with Crippen molar-refractivity contribution in [1.82, 2.24) is 0 Å². The highest BCUT2D eigenvalue weighted by atomic mass is 16.6. The molecule has 1 N–H and O–H groups in total. The molecule has 1 saturated heterocycles. The Labute approximate surface area is 123 Å². The first-order valence-corrected chi connectivity index (χ1v) is 8.07. The molecule has 1 aliphatic heterocycles. The zero-order chi connectivity index (χ0) is 15.2. The van der Waals surface area contributed by atoms with Gasteiger partial charge in [0.1, 0.15) is 6.10 Å². The predicted octanol–water partition coefficient (Wildman–Crippen LogP) is 4.00. The van der Waals surface area contributed by atoms with Crippen molar-refractivity contribution in [3.8, 4) is 0 Å². The Morgan fingerprint density at radius 2 is 2.20 bits per heavy atom. The summed E-state index contributed by atoms with van der Waals surface area (Å²) >= 11 is 0. The van der Waals surface area contributed by atoms with Crippen LogP contribution < -0.4 is 0 Å².